The van der Waals surface area contributed by atoms with E-state index in [0.717, 1.165) is 47.7 Å². The molecule has 0 aliphatic heterocycles. The molecule has 116 valence electrons. The van der Waals surface area contributed by atoms with Crippen LogP contribution in [0.4, 0.5) is 5.82 Å². The van der Waals surface area contributed by atoms with Crippen molar-refractivity contribution in [3.8, 4) is 17.1 Å². The minimum atomic E-state index is -0.515. The van der Waals surface area contributed by atoms with Crippen molar-refractivity contribution in [2.75, 3.05) is 26.1 Å². The lowest BCUT2D eigenvalue weighted by Gasteiger charge is -2.26. The van der Waals surface area contributed by atoms with E-state index in [-0.39, 0.29) is 0 Å². The molecule has 1 unspecified atom stereocenters. The van der Waals surface area contributed by atoms with Crippen molar-refractivity contribution >= 4 is 5.82 Å². The number of aromatic nitrogens is 2. The Balaban J connectivity index is 2.21. The van der Waals surface area contributed by atoms with Gasteiger partial charge in [0.05, 0.1) is 24.5 Å². The number of methoxy groups -OCH3 is 1. The number of nitrogens with zero attached hydrogens (tertiary/aromatic N) is 3. The highest BCUT2D eigenvalue weighted by atomic mass is 16.5. The number of benzene rings is 1. The molecule has 22 heavy (non-hydrogen) atoms. The van der Waals surface area contributed by atoms with Gasteiger partial charge in [0, 0.05) is 19.7 Å². The summed E-state index contributed by atoms with van der Waals surface area (Å²) in [6.07, 6.45) is 2.11. The van der Waals surface area contributed by atoms with Gasteiger partial charge in [-0.25, -0.2) is 9.97 Å². The number of ether oxygens (including phenoxy) is 1. The third-order valence-electron chi connectivity index (χ3n) is 4.01. The van der Waals surface area contributed by atoms with E-state index >= 15 is 0 Å². The van der Waals surface area contributed by atoms with Crippen molar-refractivity contribution in [2.24, 2.45) is 0 Å². The van der Waals surface area contributed by atoms with Crippen LogP contribution in [0.25, 0.3) is 11.4 Å². The van der Waals surface area contributed by atoms with Crippen LogP contribution in [0.2, 0.25) is 0 Å². The minimum absolute atomic E-state index is 0.515. The van der Waals surface area contributed by atoms with Crippen molar-refractivity contribution in [3.05, 3.63) is 35.5 Å². The Morgan fingerprint density at radius 3 is 2.73 bits per heavy atom. The number of hydrogen-bond donors (Lipinski definition) is 1. The van der Waals surface area contributed by atoms with Crippen LogP contribution in [0, 0.1) is 0 Å². The first kappa shape index (κ1) is 14.8. The molecule has 1 aliphatic carbocycles. The Labute approximate surface area is 130 Å². The molecule has 0 saturated carbocycles. The third kappa shape index (κ3) is 2.52. The SMILES string of the molecule is COc1ccccc1-c1nc2c(c(N(C)C)n1)CCCC2O. The highest BCUT2D eigenvalue weighted by Gasteiger charge is 2.26. The molecular formula is C17H21N3O2. The largest absolute Gasteiger partial charge is 0.496 e. The minimum Gasteiger partial charge on any atom is -0.496 e. The molecule has 5 heteroatoms. The summed E-state index contributed by atoms with van der Waals surface area (Å²) >= 11 is 0. The zero-order valence-corrected chi connectivity index (χ0v) is 13.2. The number of fused-ring (bicyclic) bond motifs is 1. The molecule has 1 N–H and O–H groups in total. The molecule has 1 heterocycles. The fourth-order valence-electron chi connectivity index (χ4n) is 2.93. The molecule has 1 aliphatic rings. The smallest absolute Gasteiger partial charge is 0.165 e. The summed E-state index contributed by atoms with van der Waals surface area (Å²) in [7, 11) is 5.57. The normalized spacial score (nSPS) is 17.0. The second-order valence-electron chi connectivity index (χ2n) is 5.74. The van der Waals surface area contributed by atoms with Crippen LogP contribution in [0.1, 0.15) is 30.2 Å². The molecule has 0 radical (unpaired) electrons. The Morgan fingerprint density at radius 2 is 2.00 bits per heavy atom. The standard InChI is InChI=1S/C17H21N3O2/c1-20(2)17-12-8-6-9-13(21)15(12)18-16(19-17)11-7-4-5-10-14(11)22-3/h4-5,7,10,13,21H,6,8-9H2,1-3H3. The van der Waals surface area contributed by atoms with Crippen LogP contribution in [0.15, 0.2) is 24.3 Å². The molecule has 0 saturated heterocycles. The van der Waals surface area contributed by atoms with E-state index in [2.05, 4.69) is 4.98 Å². The van der Waals surface area contributed by atoms with Crippen molar-refractivity contribution in [3.63, 3.8) is 0 Å². The van der Waals surface area contributed by atoms with Gasteiger partial charge in [0.25, 0.3) is 0 Å². The molecule has 2 aromatic rings. The molecule has 1 aromatic carbocycles. The van der Waals surface area contributed by atoms with E-state index in [0.29, 0.717) is 5.82 Å². The maximum absolute atomic E-state index is 10.3. The second kappa shape index (κ2) is 5.93. The first-order valence-electron chi connectivity index (χ1n) is 7.51. The van der Waals surface area contributed by atoms with Crippen LogP contribution in [0.5, 0.6) is 5.75 Å². The summed E-state index contributed by atoms with van der Waals surface area (Å²) < 4.78 is 5.41. The Bertz CT molecular complexity index is 668. The van der Waals surface area contributed by atoms with E-state index in [1.165, 1.54) is 0 Å². The second-order valence-corrected chi connectivity index (χ2v) is 5.74. The lowest BCUT2D eigenvalue weighted by atomic mass is 9.93. The summed E-state index contributed by atoms with van der Waals surface area (Å²) in [5.74, 6) is 2.21. The van der Waals surface area contributed by atoms with E-state index in [9.17, 15) is 5.11 Å². The summed E-state index contributed by atoms with van der Waals surface area (Å²) in [6, 6.07) is 7.69. The van der Waals surface area contributed by atoms with E-state index in [1.54, 1.807) is 7.11 Å². The van der Waals surface area contributed by atoms with Crippen molar-refractivity contribution in [2.45, 2.75) is 25.4 Å². The number of para-hydroxylation sites is 1. The highest BCUT2D eigenvalue weighted by Crippen LogP contribution is 2.36. The van der Waals surface area contributed by atoms with Gasteiger partial charge in [-0.1, -0.05) is 12.1 Å². The van der Waals surface area contributed by atoms with Crippen molar-refractivity contribution < 1.29 is 9.84 Å². The molecular weight excluding hydrogens is 278 g/mol. The van der Waals surface area contributed by atoms with Gasteiger partial charge in [0.15, 0.2) is 5.82 Å². The first-order chi connectivity index (χ1) is 10.6. The molecule has 0 bridgehead atoms. The van der Waals surface area contributed by atoms with E-state index in [1.807, 2.05) is 43.3 Å². The number of rotatable bonds is 3. The van der Waals surface area contributed by atoms with Gasteiger partial charge in [-0.3, -0.25) is 0 Å². The molecule has 0 fully saturated rings. The molecule has 1 atom stereocenters. The number of anilines is 1. The summed E-state index contributed by atoms with van der Waals surface area (Å²) in [6.45, 7) is 0. The van der Waals surface area contributed by atoms with Crippen molar-refractivity contribution in [1.82, 2.24) is 9.97 Å². The fraction of sp³-hybridized carbons (Fsp3) is 0.412. The Morgan fingerprint density at radius 1 is 1.23 bits per heavy atom. The predicted octanol–water partition coefficient (Wildman–Crippen LogP) is 2.59. The summed E-state index contributed by atoms with van der Waals surface area (Å²) in [5, 5.41) is 10.3. The lowest BCUT2D eigenvalue weighted by molar-refractivity contribution is 0.151. The number of aliphatic hydroxyl groups is 1. The van der Waals surface area contributed by atoms with Crippen LogP contribution >= 0.6 is 0 Å². The monoisotopic (exact) mass is 299 g/mol. The van der Waals surface area contributed by atoms with Gasteiger partial charge in [-0.15, -0.1) is 0 Å². The molecule has 1 aromatic heterocycles. The molecule has 0 spiro atoms. The summed E-state index contributed by atoms with van der Waals surface area (Å²) in [4.78, 5) is 11.4. The van der Waals surface area contributed by atoms with Gasteiger partial charge < -0.3 is 14.7 Å². The maximum atomic E-state index is 10.3. The topological polar surface area (TPSA) is 58.5 Å². The summed E-state index contributed by atoms with van der Waals surface area (Å²) in [5.41, 5.74) is 2.65. The van der Waals surface area contributed by atoms with Gasteiger partial charge in [-0.2, -0.15) is 0 Å². The van der Waals surface area contributed by atoms with Gasteiger partial charge in [0.2, 0.25) is 0 Å². The quantitative estimate of drug-likeness (QED) is 0.944. The van der Waals surface area contributed by atoms with E-state index < -0.39 is 6.10 Å². The zero-order chi connectivity index (χ0) is 15.7. The highest BCUT2D eigenvalue weighted by molar-refractivity contribution is 5.67. The first-order valence-corrected chi connectivity index (χ1v) is 7.51. The Kier molecular flexibility index (Phi) is 3.98. The van der Waals surface area contributed by atoms with Gasteiger partial charge >= 0.3 is 0 Å². The Hall–Kier alpha value is -2.14. The average molecular weight is 299 g/mol. The van der Waals surface area contributed by atoms with Crippen molar-refractivity contribution in [1.29, 1.82) is 0 Å². The maximum Gasteiger partial charge on any atom is 0.165 e. The molecule has 0 amide bonds. The van der Waals surface area contributed by atoms with Crippen LogP contribution in [-0.4, -0.2) is 36.3 Å². The van der Waals surface area contributed by atoms with Crippen LogP contribution in [-0.2, 0) is 6.42 Å². The number of aliphatic hydroxyl groups excluding tert-OH is 1. The number of hydrogen-bond acceptors (Lipinski definition) is 5. The van der Waals surface area contributed by atoms with Gasteiger partial charge in [-0.05, 0) is 31.4 Å². The molecule has 3 rings (SSSR count). The average Bonchev–Trinajstić information content (AvgIpc) is 2.54. The third-order valence-corrected chi connectivity index (χ3v) is 4.01. The van der Waals surface area contributed by atoms with Crippen LogP contribution < -0.4 is 9.64 Å². The zero-order valence-electron chi connectivity index (χ0n) is 13.2. The lowest BCUT2D eigenvalue weighted by Crippen LogP contribution is -2.20. The van der Waals surface area contributed by atoms with Crippen LogP contribution in [0.3, 0.4) is 0 Å². The fourth-order valence-corrected chi connectivity index (χ4v) is 2.93. The van der Waals surface area contributed by atoms with Gasteiger partial charge in [0.1, 0.15) is 11.6 Å². The van der Waals surface area contributed by atoms with E-state index in [4.69, 9.17) is 9.72 Å². The predicted molar refractivity (Wildman–Crippen MR) is 86.2 cm³/mol. The molecule has 5 nitrogen and oxygen atoms in total.